The molecule has 0 saturated heterocycles. The number of aryl methyl sites for hydroxylation is 4. The summed E-state index contributed by atoms with van der Waals surface area (Å²) in [6.45, 7) is 7.99. The Labute approximate surface area is 95.6 Å². The summed E-state index contributed by atoms with van der Waals surface area (Å²) in [5.74, 6) is 0.800. The molecule has 0 N–H and O–H groups in total. The molecule has 0 aliphatic carbocycles. The molecule has 0 unspecified atom stereocenters. The van der Waals surface area contributed by atoms with E-state index in [-0.39, 0.29) is 0 Å². The lowest BCUT2D eigenvalue weighted by atomic mass is 10.0. The molecule has 0 aliphatic rings. The lowest BCUT2D eigenvalue weighted by molar-refractivity contribution is 1.03. The largest absolute Gasteiger partial charge is 0.261 e. The standard InChI is InChI=1S/C13H15N3/c1-8-6-14-10(3)5-12(8)13-9(2)7-15-11(4)16-13/h5-7H,1-4H3. The monoisotopic (exact) mass is 213 g/mol. The van der Waals surface area contributed by atoms with E-state index in [9.17, 15) is 0 Å². The van der Waals surface area contributed by atoms with Crippen molar-refractivity contribution in [3.63, 3.8) is 0 Å². The number of aromatic nitrogens is 3. The second kappa shape index (κ2) is 4.00. The molecule has 3 heteroatoms. The predicted molar refractivity (Wildman–Crippen MR) is 64.2 cm³/mol. The summed E-state index contributed by atoms with van der Waals surface area (Å²) in [6.07, 6.45) is 3.76. The third-order valence-electron chi connectivity index (χ3n) is 2.59. The Hall–Kier alpha value is -1.77. The quantitative estimate of drug-likeness (QED) is 0.731. The average Bonchev–Trinajstić information content (AvgIpc) is 2.25. The van der Waals surface area contributed by atoms with Gasteiger partial charge in [-0.3, -0.25) is 4.98 Å². The van der Waals surface area contributed by atoms with Gasteiger partial charge in [-0.1, -0.05) is 0 Å². The smallest absolute Gasteiger partial charge is 0.125 e. The topological polar surface area (TPSA) is 38.7 Å². The predicted octanol–water partition coefficient (Wildman–Crippen LogP) is 2.77. The summed E-state index contributed by atoms with van der Waals surface area (Å²) >= 11 is 0. The SMILES string of the molecule is Cc1cc(-c2nc(C)ncc2C)c(C)cn1. The van der Waals surface area contributed by atoms with E-state index in [2.05, 4.69) is 27.9 Å². The van der Waals surface area contributed by atoms with E-state index in [4.69, 9.17) is 0 Å². The van der Waals surface area contributed by atoms with Crippen LogP contribution in [-0.2, 0) is 0 Å². The molecule has 0 atom stereocenters. The molecular weight excluding hydrogens is 198 g/mol. The van der Waals surface area contributed by atoms with Crippen molar-refractivity contribution in [1.29, 1.82) is 0 Å². The molecule has 2 aromatic rings. The first-order valence-electron chi connectivity index (χ1n) is 5.32. The first kappa shape index (κ1) is 10.7. The maximum absolute atomic E-state index is 4.51. The second-order valence-electron chi connectivity index (χ2n) is 4.09. The minimum Gasteiger partial charge on any atom is -0.261 e. The molecule has 0 fully saturated rings. The van der Waals surface area contributed by atoms with Crippen LogP contribution in [0.2, 0.25) is 0 Å². The van der Waals surface area contributed by atoms with Crippen LogP contribution in [0.3, 0.4) is 0 Å². The highest BCUT2D eigenvalue weighted by atomic mass is 14.9. The van der Waals surface area contributed by atoms with Gasteiger partial charge in [0.1, 0.15) is 5.82 Å². The zero-order chi connectivity index (χ0) is 11.7. The number of nitrogens with zero attached hydrogens (tertiary/aromatic N) is 3. The fourth-order valence-corrected chi connectivity index (χ4v) is 1.69. The Morgan fingerprint density at radius 2 is 1.56 bits per heavy atom. The van der Waals surface area contributed by atoms with Crippen molar-refractivity contribution in [2.75, 3.05) is 0 Å². The highest BCUT2D eigenvalue weighted by Gasteiger charge is 2.08. The summed E-state index contributed by atoms with van der Waals surface area (Å²) in [5.41, 5.74) is 5.41. The molecular formula is C13H15N3. The number of pyridine rings is 1. The van der Waals surface area contributed by atoms with Gasteiger partial charge in [-0.2, -0.15) is 0 Å². The Kier molecular flexibility index (Phi) is 2.69. The van der Waals surface area contributed by atoms with Crippen LogP contribution < -0.4 is 0 Å². The number of hydrogen-bond acceptors (Lipinski definition) is 3. The van der Waals surface area contributed by atoms with E-state index in [0.29, 0.717) is 0 Å². The molecule has 0 bridgehead atoms. The average molecular weight is 213 g/mol. The summed E-state index contributed by atoms with van der Waals surface area (Å²) in [7, 11) is 0. The van der Waals surface area contributed by atoms with Crippen molar-refractivity contribution in [1.82, 2.24) is 15.0 Å². The van der Waals surface area contributed by atoms with Gasteiger partial charge < -0.3 is 0 Å². The third kappa shape index (κ3) is 1.94. The zero-order valence-corrected chi connectivity index (χ0v) is 10.1. The molecule has 0 radical (unpaired) electrons. The maximum atomic E-state index is 4.51. The van der Waals surface area contributed by atoms with E-state index < -0.39 is 0 Å². The van der Waals surface area contributed by atoms with Crippen LogP contribution in [0, 0.1) is 27.7 Å². The van der Waals surface area contributed by atoms with Crippen LogP contribution in [0.1, 0.15) is 22.6 Å². The van der Waals surface area contributed by atoms with E-state index in [1.165, 1.54) is 0 Å². The number of hydrogen-bond donors (Lipinski definition) is 0. The highest BCUT2D eigenvalue weighted by Crippen LogP contribution is 2.24. The summed E-state index contributed by atoms with van der Waals surface area (Å²) in [6, 6.07) is 2.07. The normalized spacial score (nSPS) is 10.5. The van der Waals surface area contributed by atoms with Gasteiger partial charge in [0.05, 0.1) is 5.69 Å². The molecule has 0 amide bonds. The van der Waals surface area contributed by atoms with Crippen LogP contribution in [-0.4, -0.2) is 15.0 Å². The molecule has 2 heterocycles. The van der Waals surface area contributed by atoms with Crippen LogP contribution in [0.25, 0.3) is 11.3 Å². The first-order valence-corrected chi connectivity index (χ1v) is 5.32. The molecule has 0 spiro atoms. The van der Waals surface area contributed by atoms with Gasteiger partial charge >= 0.3 is 0 Å². The summed E-state index contributed by atoms with van der Waals surface area (Å²) in [4.78, 5) is 13.0. The van der Waals surface area contributed by atoms with E-state index in [1.54, 1.807) is 0 Å². The minimum absolute atomic E-state index is 0.800. The molecule has 16 heavy (non-hydrogen) atoms. The molecule has 0 saturated carbocycles. The van der Waals surface area contributed by atoms with Gasteiger partial charge in [0, 0.05) is 23.7 Å². The second-order valence-corrected chi connectivity index (χ2v) is 4.09. The fourth-order valence-electron chi connectivity index (χ4n) is 1.69. The van der Waals surface area contributed by atoms with Crippen LogP contribution >= 0.6 is 0 Å². The molecule has 3 nitrogen and oxygen atoms in total. The molecule has 0 aromatic carbocycles. The van der Waals surface area contributed by atoms with Crippen molar-refractivity contribution >= 4 is 0 Å². The summed E-state index contributed by atoms with van der Waals surface area (Å²) in [5, 5.41) is 0. The first-order chi connectivity index (χ1) is 7.58. The van der Waals surface area contributed by atoms with E-state index >= 15 is 0 Å². The van der Waals surface area contributed by atoms with Crippen molar-refractivity contribution in [3.05, 3.63) is 41.1 Å². The van der Waals surface area contributed by atoms with Crippen LogP contribution in [0.15, 0.2) is 18.5 Å². The van der Waals surface area contributed by atoms with Crippen molar-refractivity contribution in [2.45, 2.75) is 27.7 Å². The van der Waals surface area contributed by atoms with E-state index in [0.717, 1.165) is 33.9 Å². The van der Waals surface area contributed by atoms with Gasteiger partial charge in [-0.15, -0.1) is 0 Å². The van der Waals surface area contributed by atoms with Gasteiger partial charge in [0.2, 0.25) is 0 Å². The summed E-state index contributed by atoms with van der Waals surface area (Å²) < 4.78 is 0. The molecule has 2 aromatic heterocycles. The van der Waals surface area contributed by atoms with Crippen molar-refractivity contribution in [2.24, 2.45) is 0 Å². The highest BCUT2D eigenvalue weighted by molar-refractivity contribution is 5.66. The lowest BCUT2D eigenvalue weighted by Crippen LogP contribution is -1.97. The Morgan fingerprint density at radius 3 is 2.31 bits per heavy atom. The zero-order valence-electron chi connectivity index (χ0n) is 10.1. The Balaban J connectivity index is 2.66. The van der Waals surface area contributed by atoms with Gasteiger partial charge in [0.15, 0.2) is 0 Å². The van der Waals surface area contributed by atoms with Crippen LogP contribution in [0.5, 0.6) is 0 Å². The van der Waals surface area contributed by atoms with Gasteiger partial charge in [0.25, 0.3) is 0 Å². The number of rotatable bonds is 1. The van der Waals surface area contributed by atoms with E-state index in [1.807, 2.05) is 33.2 Å². The molecule has 82 valence electrons. The lowest BCUT2D eigenvalue weighted by Gasteiger charge is -2.09. The maximum Gasteiger partial charge on any atom is 0.125 e. The van der Waals surface area contributed by atoms with Crippen LogP contribution in [0.4, 0.5) is 0 Å². The van der Waals surface area contributed by atoms with Gasteiger partial charge in [-0.25, -0.2) is 9.97 Å². The minimum atomic E-state index is 0.800. The molecule has 0 aliphatic heterocycles. The van der Waals surface area contributed by atoms with Crippen molar-refractivity contribution in [3.8, 4) is 11.3 Å². The molecule has 2 rings (SSSR count). The van der Waals surface area contributed by atoms with Crippen molar-refractivity contribution < 1.29 is 0 Å². The fraction of sp³-hybridized carbons (Fsp3) is 0.308. The Bertz CT molecular complexity index is 483. The third-order valence-corrected chi connectivity index (χ3v) is 2.59. The Morgan fingerprint density at radius 1 is 0.875 bits per heavy atom. The van der Waals surface area contributed by atoms with Gasteiger partial charge in [-0.05, 0) is 44.9 Å².